The molecule has 33 heavy (non-hydrogen) atoms. The zero-order valence-corrected chi connectivity index (χ0v) is 20.1. The van der Waals surface area contributed by atoms with Gasteiger partial charge in [0.25, 0.3) is 5.91 Å². The van der Waals surface area contributed by atoms with Crippen molar-refractivity contribution in [3.8, 4) is 16.5 Å². The zero-order chi connectivity index (χ0) is 24.1. The summed E-state index contributed by atoms with van der Waals surface area (Å²) >= 11 is 1.69. The molecule has 0 fully saturated rings. The van der Waals surface area contributed by atoms with Gasteiger partial charge >= 0.3 is 5.76 Å². The van der Waals surface area contributed by atoms with E-state index in [4.69, 9.17) is 4.74 Å². The largest absolute Gasteiger partial charge is 0.477 e. The van der Waals surface area contributed by atoms with Gasteiger partial charge in [-0.25, -0.2) is 9.97 Å². The smallest absolute Gasteiger partial charge is 0.302 e. The first kappa shape index (κ1) is 26.4. The van der Waals surface area contributed by atoms with E-state index in [0.717, 1.165) is 11.4 Å². The van der Waals surface area contributed by atoms with E-state index in [0.29, 0.717) is 47.4 Å². The highest BCUT2D eigenvalue weighted by molar-refractivity contribution is 8.00. The van der Waals surface area contributed by atoms with E-state index in [1.165, 1.54) is 11.3 Å². The van der Waals surface area contributed by atoms with Gasteiger partial charge in [0.2, 0.25) is 5.88 Å². The Morgan fingerprint density at radius 2 is 1.97 bits per heavy atom. The molecule has 8 nitrogen and oxygen atoms in total. The molecule has 0 bridgehead atoms. The fraction of sp³-hybridized carbons (Fsp3) is 0.333. The number of nitrogens with zero attached hydrogens (tertiary/aromatic N) is 4. The van der Waals surface area contributed by atoms with E-state index >= 15 is 0 Å². The quantitative estimate of drug-likeness (QED) is 0.402. The first-order chi connectivity index (χ1) is 15.9. The lowest BCUT2D eigenvalue weighted by molar-refractivity contribution is 0.0950. The van der Waals surface area contributed by atoms with Crippen LogP contribution in [-0.4, -0.2) is 65.3 Å². The third-order valence-electron chi connectivity index (χ3n) is 3.74. The van der Waals surface area contributed by atoms with Crippen molar-refractivity contribution in [1.82, 2.24) is 25.2 Å². The van der Waals surface area contributed by atoms with Crippen molar-refractivity contribution in [3.05, 3.63) is 53.9 Å². The maximum absolute atomic E-state index is 12.0. The molecule has 0 saturated carbocycles. The van der Waals surface area contributed by atoms with Crippen LogP contribution in [0.2, 0.25) is 0 Å². The molecule has 2 heterocycles. The van der Waals surface area contributed by atoms with Gasteiger partial charge in [-0.15, -0.1) is 11.3 Å². The lowest BCUT2D eigenvalue weighted by Gasteiger charge is -2.09. The standard InChI is InChI=1S/C14H19N5O2S.C7H7F2NS/c1-4-21-12-9-15-7-10(18-12)11-8-17-14(22-11)13(20)16-5-6-19(2)3;8-7(9)11-10-6-4-2-1-3-5-6/h7-9H,4-6H2,1-3H3,(H,16,20);1-5,7,10H. The lowest BCUT2D eigenvalue weighted by Crippen LogP contribution is -2.31. The molecule has 12 heteroatoms. The Morgan fingerprint density at radius 1 is 1.21 bits per heavy atom. The van der Waals surface area contributed by atoms with Gasteiger partial charge in [-0.05, 0) is 33.2 Å². The molecule has 2 aromatic heterocycles. The second-order valence-electron chi connectivity index (χ2n) is 6.61. The summed E-state index contributed by atoms with van der Waals surface area (Å²) < 4.78 is 31.1. The third-order valence-corrected chi connectivity index (χ3v) is 5.29. The number of benzene rings is 1. The van der Waals surface area contributed by atoms with Crippen LogP contribution in [0.25, 0.3) is 10.6 Å². The highest BCUT2D eigenvalue weighted by Crippen LogP contribution is 2.25. The molecule has 0 aliphatic heterocycles. The number of anilines is 1. The summed E-state index contributed by atoms with van der Waals surface area (Å²) in [6.07, 6.45) is 4.82. The second-order valence-corrected chi connectivity index (χ2v) is 8.44. The van der Waals surface area contributed by atoms with Crippen molar-refractivity contribution >= 4 is 34.9 Å². The van der Waals surface area contributed by atoms with Crippen molar-refractivity contribution in [1.29, 1.82) is 0 Å². The van der Waals surface area contributed by atoms with Crippen molar-refractivity contribution in [2.75, 3.05) is 38.5 Å². The number of thiazole rings is 1. The van der Waals surface area contributed by atoms with Crippen LogP contribution in [-0.2, 0) is 0 Å². The fourth-order valence-electron chi connectivity index (χ4n) is 2.27. The van der Waals surface area contributed by atoms with Gasteiger partial charge in [0.1, 0.15) is 5.69 Å². The van der Waals surface area contributed by atoms with E-state index in [1.54, 1.807) is 42.9 Å². The molecule has 0 aliphatic rings. The molecule has 178 valence electrons. The number of carbonyl (C=O) groups is 1. The summed E-state index contributed by atoms with van der Waals surface area (Å²) in [4.78, 5) is 27.4. The second kappa shape index (κ2) is 14.3. The Hall–Kier alpha value is -2.83. The van der Waals surface area contributed by atoms with E-state index in [9.17, 15) is 13.6 Å². The number of likely N-dealkylation sites (N-methyl/N-ethyl adjacent to an activating group) is 1. The first-order valence-electron chi connectivity index (χ1n) is 9.97. The normalized spacial score (nSPS) is 10.5. The van der Waals surface area contributed by atoms with Crippen molar-refractivity contribution in [2.24, 2.45) is 0 Å². The lowest BCUT2D eigenvalue weighted by atomic mass is 10.3. The number of hydrogen-bond acceptors (Lipinski definition) is 9. The summed E-state index contributed by atoms with van der Waals surface area (Å²) in [6.45, 7) is 3.78. The average molecular weight is 497 g/mol. The van der Waals surface area contributed by atoms with E-state index in [2.05, 4.69) is 25.0 Å². The van der Waals surface area contributed by atoms with Gasteiger partial charge < -0.3 is 19.7 Å². The number of aromatic nitrogens is 3. The number of nitrogens with one attached hydrogen (secondary N) is 2. The van der Waals surface area contributed by atoms with Crippen LogP contribution in [0.5, 0.6) is 5.88 Å². The van der Waals surface area contributed by atoms with Crippen LogP contribution >= 0.6 is 23.3 Å². The maximum atomic E-state index is 12.0. The molecule has 1 amide bonds. The van der Waals surface area contributed by atoms with E-state index < -0.39 is 5.76 Å². The summed E-state index contributed by atoms with van der Waals surface area (Å²) in [6, 6.07) is 8.87. The molecule has 3 rings (SSSR count). The van der Waals surface area contributed by atoms with Gasteiger partial charge in [0.15, 0.2) is 5.01 Å². The molecule has 0 saturated heterocycles. The van der Waals surface area contributed by atoms with Gasteiger partial charge in [0.05, 0.1) is 23.9 Å². The molecule has 3 aromatic rings. The minimum absolute atomic E-state index is 0.174. The Morgan fingerprint density at radius 3 is 2.64 bits per heavy atom. The number of carbonyl (C=O) groups excluding carboxylic acids is 1. The number of hydrogen-bond donors (Lipinski definition) is 2. The van der Waals surface area contributed by atoms with Crippen LogP contribution in [0.15, 0.2) is 48.9 Å². The summed E-state index contributed by atoms with van der Waals surface area (Å²) in [5.74, 6) is -2.09. The number of para-hydroxylation sites is 1. The van der Waals surface area contributed by atoms with Gasteiger partial charge in [-0.3, -0.25) is 9.78 Å². The number of rotatable bonds is 10. The monoisotopic (exact) mass is 496 g/mol. The minimum atomic E-state index is -2.38. The zero-order valence-electron chi connectivity index (χ0n) is 18.5. The van der Waals surface area contributed by atoms with Crippen LogP contribution in [0.4, 0.5) is 14.5 Å². The number of alkyl halides is 2. The van der Waals surface area contributed by atoms with Crippen LogP contribution in [0.3, 0.4) is 0 Å². The molecular formula is C21H26F2N6O2S2. The van der Waals surface area contributed by atoms with E-state index in [1.807, 2.05) is 32.0 Å². The van der Waals surface area contributed by atoms with E-state index in [-0.39, 0.29) is 5.91 Å². The molecule has 1 aromatic carbocycles. The molecule has 2 N–H and O–H groups in total. The number of halogens is 2. The average Bonchev–Trinajstić information content (AvgIpc) is 3.30. The Kier molecular flexibility index (Phi) is 11.5. The molecule has 0 spiro atoms. The van der Waals surface area contributed by atoms with Crippen molar-refractivity contribution in [3.63, 3.8) is 0 Å². The Labute approximate surface area is 199 Å². The van der Waals surface area contributed by atoms with Crippen LogP contribution < -0.4 is 14.8 Å². The third kappa shape index (κ3) is 10.1. The van der Waals surface area contributed by atoms with Crippen molar-refractivity contribution < 1.29 is 18.3 Å². The predicted octanol–water partition coefficient (Wildman–Crippen LogP) is 4.26. The maximum Gasteiger partial charge on any atom is 0.302 e. The first-order valence-corrected chi connectivity index (χ1v) is 11.7. The Bertz CT molecular complexity index is 976. The van der Waals surface area contributed by atoms with Crippen LogP contribution in [0.1, 0.15) is 16.7 Å². The molecule has 0 unspecified atom stereocenters. The summed E-state index contributed by atoms with van der Waals surface area (Å²) in [5, 5.41) is 3.25. The topological polar surface area (TPSA) is 92.3 Å². The highest BCUT2D eigenvalue weighted by Gasteiger charge is 2.13. The fourth-order valence-corrected chi connectivity index (χ4v) is 3.42. The highest BCUT2D eigenvalue weighted by atomic mass is 32.2. The van der Waals surface area contributed by atoms with Crippen LogP contribution in [0, 0.1) is 0 Å². The predicted molar refractivity (Wildman–Crippen MR) is 129 cm³/mol. The molecule has 0 aliphatic carbocycles. The molecule has 0 radical (unpaired) electrons. The van der Waals surface area contributed by atoms with Gasteiger partial charge in [-0.1, -0.05) is 18.2 Å². The summed E-state index contributed by atoms with van der Waals surface area (Å²) in [7, 11) is 3.91. The van der Waals surface area contributed by atoms with Gasteiger partial charge in [-0.2, -0.15) is 8.78 Å². The Balaban J connectivity index is 0.000000294. The molecular weight excluding hydrogens is 470 g/mol. The number of ether oxygens (including phenoxy) is 1. The van der Waals surface area contributed by atoms with Gasteiger partial charge in [0, 0.05) is 36.9 Å². The molecule has 0 atom stereocenters. The minimum Gasteiger partial charge on any atom is -0.477 e. The summed E-state index contributed by atoms with van der Waals surface area (Å²) in [5.41, 5.74) is 1.34. The number of amides is 1. The van der Waals surface area contributed by atoms with Crippen molar-refractivity contribution in [2.45, 2.75) is 12.7 Å². The SMILES string of the molecule is CCOc1cncc(-c2cnc(C(=O)NCCN(C)C)s2)n1.FC(F)SNc1ccccc1.